The fraction of sp³-hybridized carbons (Fsp3) is 0.375. The number of rotatable bonds is 6. The maximum absolute atomic E-state index is 10.5. The topological polar surface area (TPSA) is 32.3 Å². The average Bonchev–Trinajstić information content (AvgIpc) is 3.00. The molecule has 1 aromatic heterocycles. The number of thiophene rings is 1. The molecule has 4 heteroatoms. The third-order valence-corrected chi connectivity index (χ3v) is 5.29. The van der Waals surface area contributed by atoms with E-state index >= 15 is 0 Å². The quantitative estimate of drug-likeness (QED) is 0.790. The molecule has 0 bridgehead atoms. The third-order valence-electron chi connectivity index (χ3n) is 3.42. The number of thioether (sulfide) groups is 1. The smallest absolute Gasteiger partial charge is 0.108 e. The van der Waals surface area contributed by atoms with Gasteiger partial charge in [0.05, 0.1) is 0 Å². The fourth-order valence-corrected chi connectivity index (χ4v) is 3.23. The van der Waals surface area contributed by atoms with Gasteiger partial charge >= 0.3 is 0 Å². The van der Waals surface area contributed by atoms with Gasteiger partial charge in [0.2, 0.25) is 0 Å². The van der Waals surface area contributed by atoms with Gasteiger partial charge in [0.1, 0.15) is 5.60 Å². The Bertz CT molecular complexity index is 520. The highest BCUT2D eigenvalue weighted by atomic mass is 32.2. The van der Waals surface area contributed by atoms with Crippen LogP contribution in [0.15, 0.2) is 46.7 Å². The van der Waals surface area contributed by atoms with E-state index in [0.717, 1.165) is 4.88 Å². The van der Waals surface area contributed by atoms with Gasteiger partial charge in [-0.05, 0) is 49.2 Å². The Morgan fingerprint density at radius 3 is 2.55 bits per heavy atom. The van der Waals surface area contributed by atoms with Gasteiger partial charge in [-0.3, -0.25) is 0 Å². The van der Waals surface area contributed by atoms with Crippen molar-refractivity contribution >= 4 is 23.1 Å². The number of aliphatic hydroxyl groups is 1. The molecule has 0 spiro atoms. The van der Waals surface area contributed by atoms with E-state index in [2.05, 4.69) is 42.8 Å². The molecule has 0 amide bonds. The Hall–Kier alpha value is -0.810. The van der Waals surface area contributed by atoms with E-state index in [1.807, 2.05) is 24.4 Å². The fourth-order valence-electron chi connectivity index (χ4n) is 2.03. The molecule has 0 aliphatic carbocycles. The molecule has 20 heavy (non-hydrogen) atoms. The molecule has 0 aliphatic heterocycles. The molecule has 2 N–H and O–H groups in total. The third kappa shape index (κ3) is 3.85. The van der Waals surface area contributed by atoms with E-state index in [1.165, 1.54) is 10.5 Å². The van der Waals surface area contributed by atoms with Crippen LogP contribution >= 0.6 is 23.1 Å². The molecule has 0 saturated heterocycles. The van der Waals surface area contributed by atoms with Crippen molar-refractivity contribution in [2.24, 2.45) is 0 Å². The summed E-state index contributed by atoms with van der Waals surface area (Å²) in [6.45, 7) is 4.52. The van der Waals surface area contributed by atoms with Crippen molar-refractivity contribution in [2.45, 2.75) is 30.4 Å². The molecule has 0 saturated carbocycles. The molecule has 2 aromatic rings. The van der Waals surface area contributed by atoms with Crippen LogP contribution in [0.25, 0.3) is 0 Å². The molecule has 2 unspecified atom stereocenters. The molecule has 0 fully saturated rings. The zero-order chi connectivity index (χ0) is 14.6. The van der Waals surface area contributed by atoms with Crippen molar-refractivity contribution in [3.05, 3.63) is 52.2 Å². The summed E-state index contributed by atoms with van der Waals surface area (Å²) in [6, 6.07) is 12.7. The molecule has 1 heterocycles. The maximum atomic E-state index is 10.5. The van der Waals surface area contributed by atoms with E-state index in [0.29, 0.717) is 6.54 Å². The SMILES string of the molecule is CSc1ccc(C(C)NCC(C)(O)c2cccs2)cc1. The van der Waals surface area contributed by atoms with Crippen molar-refractivity contribution in [3.63, 3.8) is 0 Å². The van der Waals surface area contributed by atoms with E-state index < -0.39 is 5.60 Å². The van der Waals surface area contributed by atoms with Crippen molar-refractivity contribution in [2.75, 3.05) is 12.8 Å². The van der Waals surface area contributed by atoms with Gasteiger partial charge in [-0.1, -0.05) is 18.2 Å². The minimum atomic E-state index is -0.818. The predicted molar refractivity (Wildman–Crippen MR) is 88.5 cm³/mol. The highest BCUT2D eigenvalue weighted by Gasteiger charge is 2.24. The Morgan fingerprint density at radius 2 is 2.00 bits per heavy atom. The molecule has 0 radical (unpaired) electrons. The van der Waals surface area contributed by atoms with Crippen molar-refractivity contribution in [3.8, 4) is 0 Å². The monoisotopic (exact) mass is 307 g/mol. The standard InChI is InChI=1S/C16H21NOS2/c1-12(13-6-8-14(19-3)9-7-13)17-11-16(2,18)15-5-4-10-20-15/h4-10,12,17-18H,11H2,1-3H3. The van der Waals surface area contributed by atoms with Gasteiger partial charge in [0.25, 0.3) is 0 Å². The van der Waals surface area contributed by atoms with Crippen LogP contribution in [-0.4, -0.2) is 17.9 Å². The molecule has 0 aliphatic rings. The highest BCUT2D eigenvalue weighted by Crippen LogP contribution is 2.26. The van der Waals surface area contributed by atoms with Crippen LogP contribution in [0.1, 0.15) is 30.3 Å². The number of hydrogen-bond acceptors (Lipinski definition) is 4. The number of benzene rings is 1. The van der Waals surface area contributed by atoms with Crippen LogP contribution in [0.2, 0.25) is 0 Å². The van der Waals surface area contributed by atoms with Gasteiger partial charge in [-0.25, -0.2) is 0 Å². The zero-order valence-corrected chi connectivity index (χ0v) is 13.7. The lowest BCUT2D eigenvalue weighted by molar-refractivity contribution is 0.0581. The lowest BCUT2D eigenvalue weighted by Crippen LogP contribution is -2.36. The van der Waals surface area contributed by atoms with Crippen molar-refractivity contribution in [1.29, 1.82) is 0 Å². The van der Waals surface area contributed by atoms with Gasteiger partial charge in [0.15, 0.2) is 0 Å². The molecular weight excluding hydrogens is 286 g/mol. The van der Waals surface area contributed by atoms with Crippen LogP contribution < -0.4 is 5.32 Å². The van der Waals surface area contributed by atoms with E-state index in [9.17, 15) is 5.11 Å². The predicted octanol–water partition coefficient (Wildman–Crippen LogP) is 4.03. The Morgan fingerprint density at radius 1 is 1.30 bits per heavy atom. The Balaban J connectivity index is 1.96. The largest absolute Gasteiger partial charge is 0.383 e. The minimum Gasteiger partial charge on any atom is -0.383 e. The highest BCUT2D eigenvalue weighted by molar-refractivity contribution is 7.98. The summed E-state index contributed by atoms with van der Waals surface area (Å²) in [5.74, 6) is 0. The number of nitrogens with one attached hydrogen (secondary N) is 1. The normalized spacial score (nSPS) is 15.8. The summed E-state index contributed by atoms with van der Waals surface area (Å²) in [4.78, 5) is 2.27. The Kier molecular flexibility index (Phi) is 5.27. The van der Waals surface area contributed by atoms with E-state index in [4.69, 9.17) is 0 Å². The van der Waals surface area contributed by atoms with Crippen LogP contribution in [0.4, 0.5) is 0 Å². The van der Waals surface area contributed by atoms with Crippen LogP contribution in [0.3, 0.4) is 0 Å². The van der Waals surface area contributed by atoms with Crippen LogP contribution in [0.5, 0.6) is 0 Å². The zero-order valence-electron chi connectivity index (χ0n) is 12.1. The molecule has 108 valence electrons. The number of hydrogen-bond donors (Lipinski definition) is 2. The second-order valence-corrected chi connectivity index (χ2v) is 6.95. The van der Waals surface area contributed by atoms with Gasteiger partial charge < -0.3 is 10.4 Å². The lowest BCUT2D eigenvalue weighted by atomic mass is 10.0. The van der Waals surface area contributed by atoms with Crippen LogP contribution in [-0.2, 0) is 5.60 Å². The van der Waals surface area contributed by atoms with Gasteiger partial charge in [0, 0.05) is 22.4 Å². The molecule has 2 rings (SSSR count). The van der Waals surface area contributed by atoms with Gasteiger partial charge in [-0.15, -0.1) is 23.1 Å². The first-order chi connectivity index (χ1) is 9.53. The molecule has 2 atom stereocenters. The van der Waals surface area contributed by atoms with E-state index in [-0.39, 0.29) is 6.04 Å². The first-order valence-corrected chi connectivity index (χ1v) is 8.77. The average molecular weight is 307 g/mol. The Labute approximate surface area is 129 Å². The first-order valence-electron chi connectivity index (χ1n) is 6.66. The summed E-state index contributed by atoms with van der Waals surface area (Å²) in [5, 5.41) is 15.9. The molecule has 2 nitrogen and oxygen atoms in total. The van der Waals surface area contributed by atoms with E-state index in [1.54, 1.807) is 23.1 Å². The lowest BCUT2D eigenvalue weighted by Gasteiger charge is -2.25. The van der Waals surface area contributed by atoms with Gasteiger partial charge in [-0.2, -0.15) is 0 Å². The summed E-state index contributed by atoms with van der Waals surface area (Å²) in [5.41, 5.74) is 0.423. The minimum absolute atomic E-state index is 0.220. The molecule has 1 aromatic carbocycles. The van der Waals surface area contributed by atoms with Crippen LogP contribution in [0, 0.1) is 0 Å². The second-order valence-electron chi connectivity index (χ2n) is 5.13. The second kappa shape index (κ2) is 6.76. The summed E-state index contributed by atoms with van der Waals surface area (Å²) in [6.07, 6.45) is 2.08. The first kappa shape index (κ1) is 15.6. The maximum Gasteiger partial charge on any atom is 0.108 e. The summed E-state index contributed by atoms with van der Waals surface area (Å²) in [7, 11) is 0. The van der Waals surface area contributed by atoms with Crippen molar-refractivity contribution < 1.29 is 5.11 Å². The van der Waals surface area contributed by atoms with Crippen molar-refractivity contribution in [1.82, 2.24) is 5.32 Å². The molecular formula is C16H21NOS2. The summed E-state index contributed by atoms with van der Waals surface area (Å²) >= 11 is 3.34. The summed E-state index contributed by atoms with van der Waals surface area (Å²) < 4.78 is 0.